The number of thioether (sulfide) groups is 1. The molecule has 0 aromatic heterocycles. The minimum atomic E-state index is -0.371. The summed E-state index contributed by atoms with van der Waals surface area (Å²) in [6, 6.07) is 18.8. The maximum absolute atomic E-state index is 14.0. The third-order valence-corrected chi connectivity index (χ3v) is 6.44. The first-order chi connectivity index (χ1) is 16.0. The number of amides is 2. The Morgan fingerprint density at radius 2 is 1.76 bits per heavy atom. The number of nitrogens with zero attached hydrogens (tertiary/aromatic N) is 1. The molecular formula is C25H19FINO4S. The molecule has 3 aromatic carbocycles. The van der Waals surface area contributed by atoms with E-state index in [4.69, 9.17) is 9.47 Å². The topological polar surface area (TPSA) is 55.8 Å². The minimum absolute atomic E-state index is 0.0536. The van der Waals surface area contributed by atoms with Gasteiger partial charge in [-0.05, 0) is 83.2 Å². The molecule has 2 amide bonds. The molecule has 0 radical (unpaired) electrons. The van der Waals surface area contributed by atoms with Gasteiger partial charge in [-0.3, -0.25) is 9.59 Å². The van der Waals surface area contributed by atoms with Crippen LogP contribution >= 0.6 is 34.4 Å². The normalized spacial score (nSPS) is 14.8. The molecule has 0 aliphatic carbocycles. The van der Waals surface area contributed by atoms with Gasteiger partial charge in [-0.2, -0.15) is 0 Å². The number of benzene rings is 3. The molecule has 0 atom stereocenters. The predicted molar refractivity (Wildman–Crippen MR) is 136 cm³/mol. The molecule has 0 spiro atoms. The van der Waals surface area contributed by atoms with E-state index in [2.05, 4.69) is 22.6 Å². The summed E-state index contributed by atoms with van der Waals surface area (Å²) in [7, 11) is 0. The number of hydrogen-bond donors (Lipinski definition) is 0. The Labute approximate surface area is 208 Å². The number of halogens is 2. The van der Waals surface area contributed by atoms with E-state index in [1.807, 2.05) is 19.1 Å². The number of hydrogen-bond acceptors (Lipinski definition) is 5. The van der Waals surface area contributed by atoms with Gasteiger partial charge in [0.15, 0.2) is 11.5 Å². The summed E-state index contributed by atoms with van der Waals surface area (Å²) in [6.45, 7) is 2.31. The fourth-order valence-corrected chi connectivity index (χ4v) is 4.88. The fraction of sp³-hybridized carbons (Fsp3) is 0.120. The number of rotatable bonds is 7. The Hall–Kier alpha value is -2.85. The van der Waals surface area contributed by atoms with Crippen LogP contribution in [0.4, 0.5) is 14.9 Å². The first kappa shape index (κ1) is 23.3. The van der Waals surface area contributed by atoms with Crippen molar-refractivity contribution in [1.29, 1.82) is 0 Å². The van der Waals surface area contributed by atoms with Crippen molar-refractivity contribution in [2.45, 2.75) is 13.5 Å². The number of carbonyl (C=O) groups is 2. The predicted octanol–water partition coefficient (Wildman–Crippen LogP) is 6.65. The van der Waals surface area contributed by atoms with Gasteiger partial charge in [-0.1, -0.05) is 36.4 Å². The quantitative estimate of drug-likeness (QED) is 0.233. The minimum Gasteiger partial charge on any atom is -0.490 e. The third-order valence-electron chi connectivity index (χ3n) is 4.77. The van der Waals surface area contributed by atoms with E-state index in [0.717, 1.165) is 20.2 Å². The lowest BCUT2D eigenvalue weighted by molar-refractivity contribution is -0.113. The highest BCUT2D eigenvalue weighted by Crippen LogP contribution is 2.39. The van der Waals surface area contributed by atoms with Crippen LogP contribution in [0.25, 0.3) is 6.08 Å². The van der Waals surface area contributed by atoms with Crippen molar-refractivity contribution in [3.63, 3.8) is 0 Å². The third kappa shape index (κ3) is 5.22. The Bertz CT molecular complexity index is 1230. The second-order valence-electron chi connectivity index (χ2n) is 7.00. The van der Waals surface area contributed by atoms with Gasteiger partial charge in [0, 0.05) is 5.56 Å². The number of anilines is 1. The summed E-state index contributed by atoms with van der Waals surface area (Å²) in [6.07, 6.45) is 1.67. The van der Waals surface area contributed by atoms with E-state index in [1.54, 1.807) is 54.6 Å². The van der Waals surface area contributed by atoms with Crippen LogP contribution in [-0.4, -0.2) is 17.8 Å². The van der Waals surface area contributed by atoms with Crippen LogP contribution in [-0.2, 0) is 11.4 Å². The maximum Gasteiger partial charge on any atom is 0.298 e. The summed E-state index contributed by atoms with van der Waals surface area (Å²) in [5, 5.41) is -0.345. The molecule has 0 unspecified atom stereocenters. The van der Waals surface area contributed by atoms with E-state index < -0.39 is 0 Å². The average Bonchev–Trinajstić information content (AvgIpc) is 3.07. The molecule has 1 heterocycles. The summed E-state index contributed by atoms with van der Waals surface area (Å²) < 4.78 is 26.4. The summed E-state index contributed by atoms with van der Waals surface area (Å²) in [5.41, 5.74) is 1.67. The molecule has 4 rings (SSSR count). The molecule has 5 nitrogen and oxygen atoms in total. The molecule has 1 fully saturated rings. The van der Waals surface area contributed by atoms with Crippen LogP contribution in [0.3, 0.4) is 0 Å². The molecule has 3 aromatic rings. The SMILES string of the molecule is CCOc1cc(/C=C2\SC(=O)N(c3ccccc3)C2=O)cc(I)c1OCc1ccccc1F. The van der Waals surface area contributed by atoms with Crippen molar-refractivity contribution in [3.8, 4) is 11.5 Å². The van der Waals surface area contributed by atoms with Crippen LogP contribution in [0.15, 0.2) is 71.6 Å². The molecule has 1 saturated heterocycles. The number of para-hydroxylation sites is 1. The fourth-order valence-electron chi connectivity index (χ4n) is 3.26. The van der Waals surface area contributed by atoms with Gasteiger partial charge in [0.05, 0.1) is 20.8 Å². The zero-order chi connectivity index (χ0) is 23.4. The summed E-state index contributed by atoms with van der Waals surface area (Å²) >= 11 is 3.01. The summed E-state index contributed by atoms with van der Waals surface area (Å²) in [5.74, 6) is 0.268. The van der Waals surface area contributed by atoms with Gasteiger partial charge in [0.2, 0.25) is 0 Å². The Morgan fingerprint density at radius 1 is 1.03 bits per heavy atom. The summed E-state index contributed by atoms with van der Waals surface area (Å²) in [4.78, 5) is 26.9. The molecular weight excluding hydrogens is 556 g/mol. The van der Waals surface area contributed by atoms with E-state index in [0.29, 0.717) is 39.8 Å². The van der Waals surface area contributed by atoms with Crippen molar-refractivity contribution in [2.75, 3.05) is 11.5 Å². The van der Waals surface area contributed by atoms with Gasteiger partial charge >= 0.3 is 0 Å². The van der Waals surface area contributed by atoms with Crippen LogP contribution in [0.5, 0.6) is 11.5 Å². The second-order valence-corrected chi connectivity index (χ2v) is 9.15. The standard InChI is InChI=1S/C25H19FINO4S/c1-2-31-21-13-16(12-20(27)23(21)32-15-17-8-6-7-11-19(17)26)14-22-24(29)28(25(30)33-22)18-9-4-3-5-10-18/h3-14H,2,15H2,1H3/b22-14-. The van der Waals surface area contributed by atoms with Crippen LogP contribution in [0.2, 0.25) is 0 Å². The molecule has 1 aliphatic heterocycles. The van der Waals surface area contributed by atoms with Crippen LogP contribution < -0.4 is 14.4 Å². The monoisotopic (exact) mass is 575 g/mol. The molecule has 0 bridgehead atoms. The van der Waals surface area contributed by atoms with E-state index in [1.165, 1.54) is 6.07 Å². The highest BCUT2D eigenvalue weighted by Gasteiger charge is 2.36. The van der Waals surface area contributed by atoms with Crippen LogP contribution in [0, 0.1) is 9.39 Å². The van der Waals surface area contributed by atoms with E-state index >= 15 is 0 Å². The van der Waals surface area contributed by atoms with Crippen molar-refractivity contribution in [2.24, 2.45) is 0 Å². The lowest BCUT2D eigenvalue weighted by Crippen LogP contribution is -2.27. The van der Waals surface area contributed by atoms with Gasteiger partial charge in [-0.15, -0.1) is 0 Å². The highest BCUT2D eigenvalue weighted by molar-refractivity contribution is 14.1. The molecule has 0 saturated carbocycles. The van der Waals surface area contributed by atoms with E-state index in [-0.39, 0.29) is 23.6 Å². The second kappa shape index (κ2) is 10.4. The van der Waals surface area contributed by atoms with Gasteiger partial charge < -0.3 is 9.47 Å². The average molecular weight is 575 g/mol. The lowest BCUT2D eigenvalue weighted by atomic mass is 10.1. The van der Waals surface area contributed by atoms with Gasteiger partial charge in [0.25, 0.3) is 11.1 Å². The molecule has 0 N–H and O–H groups in total. The first-order valence-corrected chi connectivity index (χ1v) is 12.0. The highest BCUT2D eigenvalue weighted by atomic mass is 127. The number of carbonyl (C=O) groups excluding carboxylic acids is 2. The van der Waals surface area contributed by atoms with Gasteiger partial charge in [0.1, 0.15) is 12.4 Å². The smallest absolute Gasteiger partial charge is 0.298 e. The van der Waals surface area contributed by atoms with Crippen LogP contribution in [0.1, 0.15) is 18.1 Å². The molecule has 168 valence electrons. The van der Waals surface area contributed by atoms with Crippen molar-refractivity contribution in [3.05, 3.63) is 92.1 Å². The zero-order valence-corrected chi connectivity index (χ0v) is 20.6. The van der Waals surface area contributed by atoms with Crippen molar-refractivity contribution >= 4 is 57.3 Å². The Morgan fingerprint density at radius 3 is 2.48 bits per heavy atom. The largest absolute Gasteiger partial charge is 0.490 e. The number of imide groups is 1. The Balaban J connectivity index is 1.61. The lowest BCUT2D eigenvalue weighted by Gasteiger charge is -2.15. The molecule has 8 heteroatoms. The first-order valence-electron chi connectivity index (χ1n) is 10.1. The number of ether oxygens (including phenoxy) is 2. The Kier molecular flexibility index (Phi) is 7.34. The van der Waals surface area contributed by atoms with Crippen molar-refractivity contribution in [1.82, 2.24) is 0 Å². The zero-order valence-electron chi connectivity index (χ0n) is 17.6. The molecule has 33 heavy (non-hydrogen) atoms. The van der Waals surface area contributed by atoms with Crippen molar-refractivity contribution < 1.29 is 23.5 Å². The van der Waals surface area contributed by atoms with Gasteiger partial charge in [-0.25, -0.2) is 9.29 Å². The van der Waals surface area contributed by atoms with E-state index in [9.17, 15) is 14.0 Å². The maximum atomic E-state index is 14.0. The molecule has 1 aliphatic rings.